The molecule has 1 saturated carbocycles. The molecule has 0 aliphatic heterocycles. The fraction of sp³-hybridized carbons (Fsp3) is 0.812. The van der Waals surface area contributed by atoms with Crippen LogP contribution in [0.5, 0.6) is 0 Å². The summed E-state index contributed by atoms with van der Waals surface area (Å²) >= 11 is 3.75. The molecule has 0 bridgehead atoms. The van der Waals surface area contributed by atoms with Crippen molar-refractivity contribution in [2.24, 2.45) is 11.8 Å². The molecule has 1 aliphatic carbocycles. The lowest BCUT2D eigenvalue weighted by Gasteiger charge is -2.23. The third-order valence-corrected chi connectivity index (χ3v) is 5.18. The maximum Gasteiger partial charge on any atom is 0.0628 e. The topological polar surface area (TPSA) is 17.8 Å². The minimum atomic E-state index is 0.548. The predicted octanol–water partition coefficient (Wildman–Crippen LogP) is 4.99. The Labute approximate surface area is 126 Å². The van der Waals surface area contributed by atoms with E-state index in [2.05, 4.69) is 53.6 Å². The molecule has 2 nitrogen and oxygen atoms in total. The zero-order valence-corrected chi connectivity index (χ0v) is 14.1. The van der Waals surface area contributed by atoms with Crippen molar-refractivity contribution >= 4 is 15.9 Å². The lowest BCUT2D eigenvalue weighted by molar-refractivity contribution is 0.324. The van der Waals surface area contributed by atoms with E-state index in [-0.39, 0.29) is 0 Å². The summed E-state index contributed by atoms with van der Waals surface area (Å²) in [6, 6.07) is 2.88. The van der Waals surface area contributed by atoms with Crippen molar-refractivity contribution in [3.8, 4) is 0 Å². The largest absolute Gasteiger partial charge is 0.269 e. The first kappa shape index (κ1) is 15.1. The number of aromatic nitrogens is 2. The molecule has 1 heterocycles. The number of rotatable bonds is 5. The van der Waals surface area contributed by atoms with E-state index in [1.165, 1.54) is 37.8 Å². The van der Waals surface area contributed by atoms with Gasteiger partial charge in [-0.15, -0.1) is 0 Å². The van der Waals surface area contributed by atoms with Crippen LogP contribution in [-0.4, -0.2) is 14.6 Å². The van der Waals surface area contributed by atoms with Crippen LogP contribution < -0.4 is 0 Å². The first-order chi connectivity index (χ1) is 9.08. The molecule has 2 atom stereocenters. The molecule has 1 fully saturated rings. The molecular weight excluding hydrogens is 300 g/mol. The van der Waals surface area contributed by atoms with E-state index in [1.807, 2.05) is 0 Å². The molecular formula is C16H27BrN2. The Bertz CT molecular complexity index is 370. The van der Waals surface area contributed by atoms with E-state index in [4.69, 9.17) is 5.10 Å². The first-order valence-electron chi connectivity index (χ1n) is 7.76. The van der Waals surface area contributed by atoms with Gasteiger partial charge in [0.1, 0.15) is 0 Å². The van der Waals surface area contributed by atoms with Gasteiger partial charge in [0.15, 0.2) is 0 Å². The Hall–Kier alpha value is -0.310. The summed E-state index contributed by atoms with van der Waals surface area (Å²) in [6.45, 7) is 6.86. The molecule has 0 radical (unpaired) electrons. The van der Waals surface area contributed by atoms with E-state index >= 15 is 0 Å². The van der Waals surface area contributed by atoms with E-state index < -0.39 is 0 Å². The van der Waals surface area contributed by atoms with Gasteiger partial charge in [0, 0.05) is 11.0 Å². The Balaban J connectivity index is 1.99. The molecule has 0 N–H and O–H groups in total. The number of hydrogen-bond donors (Lipinski definition) is 0. The number of hydrogen-bond acceptors (Lipinski definition) is 1. The molecule has 0 spiro atoms. The quantitative estimate of drug-likeness (QED) is 0.697. The molecule has 0 aromatic carbocycles. The summed E-state index contributed by atoms with van der Waals surface area (Å²) in [4.78, 5) is 0.548. The molecule has 19 heavy (non-hydrogen) atoms. The van der Waals surface area contributed by atoms with Crippen molar-refractivity contribution in [3.63, 3.8) is 0 Å². The van der Waals surface area contributed by atoms with Crippen LogP contribution in [0.15, 0.2) is 12.3 Å². The van der Waals surface area contributed by atoms with Crippen LogP contribution in [-0.2, 0) is 6.42 Å². The Kier molecular flexibility index (Phi) is 5.49. The Morgan fingerprint density at radius 2 is 1.95 bits per heavy atom. The normalized spacial score (nSPS) is 20.7. The second-order valence-corrected chi connectivity index (χ2v) is 7.81. The molecule has 1 aliphatic rings. The van der Waals surface area contributed by atoms with Gasteiger partial charge in [0.25, 0.3) is 0 Å². The highest BCUT2D eigenvalue weighted by Crippen LogP contribution is 2.29. The highest BCUT2D eigenvalue weighted by Gasteiger charge is 2.21. The maximum absolute atomic E-state index is 4.83. The third-order valence-electron chi connectivity index (χ3n) is 4.50. The van der Waals surface area contributed by atoms with Crippen LogP contribution in [0.4, 0.5) is 0 Å². The van der Waals surface area contributed by atoms with Crippen LogP contribution in [0, 0.1) is 11.8 Å². The summed E-state index contributed by atoms with van der Waals surface area (Å²) in [5.41, 5.74) is 1.26. The number of nitrogens with zero attached hydrogens (tertiary/aromatic N) is 2. The van der Waals surface area contributed by atoms with Gasteiger partial charge < -0.3 is 0 Å². The van der Waals surface area contributed by atoms with Crippen molar-refractivity contribution in [3.05, 3.63) is 18.0 Å². The van der Waals surface area contributed by atoms with Gasteiger partial charge in [-0.1, -0.05) is 56.0 Å². The van der Waals surface area contributed by atoms with E-state index in [0.29, 0.717) is 22.7 Å². The molecule has 2 unspecified atom stereocenters. The van der Waals surface area contributed by atoms with Crippen molar-refractivity contribution in [1.29, 1.82) is 0 Å². The van der Waals surface area contributed by atoms with Gasteiger partial charge in [-0.3, -0.25) is 4.68 Å². The molecule has 0 saturated heterocycles. The van der Waals surface area contributed by atoms with Crippen molar-refractivity contribution in [1.82, 2.24) is 9.78 Å². The Morgan fingerprint density at radius 3 is 2.53 bits per heavy atom. The molecule has 2 rings (SSSR count). The lowest BCUT2D eigenvalue weighted by Crippen LogP contribution is -2.21. The monoisotopic (exact) mass is 326 g/mol. The Morgan fingerprint density at radius 1 is 1.26 bits per heavy atom. The average Bonchev–Trinajstić information content (AvgIpc) is 2.85. The second kappa shape index (κ2) is 6.92. The number of halogens is 1. The molecule has 0 amide bonds. The SMILES string of the molecule is CC(C)C(Cc1ccn(C2CCCCC2)n1)C(C)Br. The zero-order chi connectivity index (χ0) is 13.8. The summed E-state index contributed by atoms with van der Waals surface area (Å²) < 4.78 is 2.23. The van der Waals surface area contributed by atoms with Crippen molar-refractivity contribution < 1.29 is 0 Å². The first-order valence-corrected chi connectivity index (χ1v) is 8.67. The molecule has 108 valence electrons. The summed E-state index contributed by atoms with van der Waals surface area (Å²) in [7, 11) is 0. The fourth-order valence-corrected chi connectivity index (χ4v) is 4.00. The minimum Gasteiger partial charge on any atom is -0.269 e. The van der Waals surface area contributed by atoms with Gasteiger partial charge in [0.2, 0.25) is 0 Å². The molecule has 1 aromatic heterocycles. The van der Waals surface area contributed by atoms with Gasteiger partial charge in [-0.05, 0) is 37.2 Å². The second-order valence-electron chi connectivity index (χ2n) is 6.37. The van der Waals surface area contributed by atoms with Crippen molar-refractivity contribution in [2.75, 3.05) is 0 Å². The van der Waals surface area contributed by atoms with Crippen molar-refractivity contribution in [2.45, 2.75) is 70.2 Å². The fourth-order valence-electron chi connectivity index (χ4n) is 3.21. The summed E-state index contributed by atoms with van der Waals surface area (Å²) in [5.74, 6) is 1.35. The summed E-state index contributed by atoms with van der Waals surface area (Å²) in [6.07, 6.45) is 10.0. The van der Waals surface area contributed by atoms with Crippen LogP contribution >= 0.6 is 15.9 Å². The van der Waals surface area contributed by atoms with Crippen LogP contribution in [0.3, 0.4) is 0 Å². The van der Waals surface area contributed by atoms with Crippen LogP contribution in [0.1, 0.15) is 64.6 Å². The molecule has 3 heteroatoms. The standard InChI is InChI=1S/C16H27BrN2/c1-12(2)16(13(3)17)11-14-9-10-19(18-14)15-7-5-4-6-8-15/h9-10,12-13,15-16H,4-8,11H2,1-3H3. The predicted molar refractivity (Wildman–Crippen MR) is 84.8 cm³/mol. The van der Waals surface area contributed by atoms with Gasteiger partial charge in [0.05, 0.1) is 11.7 Å². The highest BCUT2D eigenvalue weighted by atomic mass is 79.9. The maximum atomic E-state index is 4.83. The van der Waals surface area contributed by atoms with E-state index in [1.54, 1.807) is 0 Å². The number of alkyl halides is 1. The lowest BCUT2D eigenvalue weighted by atomic mass is 9.89. The highest BCUT2D eigenvalue weighted by molar-refractivity contribution is 9.09. The smallest absolute Gasteiger partial charge is 0.0628 e. The summed E-state index contributed by atoms with van der Waals surface area (Å²) in [5, 5.41) is 4.83. The third kappa shape index (κ3) is 4.08. The molecule has 1 aromatic rings. The van der Waals surface area contributed by atoms with Crippen LogP contribution in [0.2, 0.25) is 0 Å². The van der Waals surface area contributed by atoms with Crippen LogP contribution in [0.25, 0.3) is 0 Å². The van der Waals surface area contributed by atoms with Gasteiger partial charge in [-0.25, -0.2) is 0 Å². The zero-order valence-electron chi connectivity index (χ0n) is 12.5. The van der Waals surface area contributed by atoms with Gasteiger partial charge in [-0.2, -0.15) is 5.10 Å². The average molecular weight is 327 g/mol. The van der Waals surface area contributed by atoms with E-state index in [9.17, 15) is 0 Å². The van der Waals surface area contributed by atoms with E-state index in [0.717, 1.165) is 6.42 Å². The minimum absolute atomic E-state index is 0.548. The van der Waals surface area contributed by atoms with Gasteiger partial charge >= 0.3 is 0 Å².